The van der Waals surface area contributed by atoms with Crippen molar-refractivity contribution in [2.45, 2.75) is 6.42 Å². The number of hydrogen-bond acceptors (Lipinski definition) is 4. The van der Waals surface area contributed by atoms with E-state index in [4.69, 9.17) is 5.73 Å². The van der Waals surface area contributed by atoms with Gasteiger partial charge >= 0.3 is 0 Å². The molecule has 2 aromatic rings. The molecule has 1 amide bonds. The number of carbonyl (C=O) groups is 1. The molecule has 2 heterocycles. The quantitative estimate of drug-likeness (QED) is 0.791. The number of aromatic nitrogens is 3. The highest BCUT2D eigenvalue weighted by Crippen LogP contribution is 2.10. The van der Waals surface area contributed by atoms with Crippen LogP contribution in [0.5, 0.6) is 0 Å². The summed E-state index contributed by atoms with van der Waals surface area (Å²) in [6.07, 6.45) is 5.29. The van der Waals surface area contributed by atoms with Gasteiger partial charge in [-0.05, 0) is 5.56 Å². The van der Waals surface area contributed by atoms with E-state index in [1.165, 1.54) is 11.3 Å². The SMILES string of the molecule is NC(=O)Cc1cnn(-c2nccs2)c1. The lowest BCUT2D eigenvalue weighted by Crippen LogP contribution is -2.13. The Bertz CT molecular complexity index is 434. The van der Waals surface area contributed by atoms with Crippen molar-refractivity contribution in [3.63, 3.8) is 0 Å². The summed E-state index contributed by atoms with van der Waals surface area (Å²) in [5.74, 6) is -0.358. The molecule has 2 N–H and O–H groups in total. The summed E-state index contributed by atoms with van der Waals surface area (Å²) in [6, 6.07) is 0. The standard InChI is InChI=1S/C8H8N4OS/c9-7(13)3-6-4-11-12(5-6)8-10-1-2-14-8/h1-2,4-5H,3H2,(H2,9,13). The van der Waals surface area contributed by atoms with E-state index in [9.17, 15) is 4.79 Å². The zero-order chi connectivity index (χ0) is 9.97. The molecule has 2 rings (SSSR count). The molecule has 0 saturated carbocycles. The van der Waals surface area contributed by atoms with Gasteiger partial charge in [0.1, 0.15) is 0 Å². The average molecular weight is 208 g/mol. The summed E-state index contributed by atoms with van der Waals surface area (Å²) in [4.78, 5) is 14.7. The summed E-state index contributed by atoms with van der Waals surface area (Å²) in [5.41, 5.74) is 5.86. The average Bonchev–Trinajstić information content (AvgIpc) is 2.69. The van der Waals surface area contributed by atoms with Gasteiger partial charge in [0, 0.05) is 17.8 Å². The molecule has 0 radical (unpaired) electrons. The van der Waals surface area contributed by atoms with Crippen LogP contribution in [0.25, 0.3) is 5.13 Å². The van der Waals surface area contributed by atoms with Gasteiger partial charge in [-0.3, -0.25) is 4.79 Å². The fraction of sp³-hybridized carbons (Fsp3) is 0.125. The number of nitrogens with two attached hydrogens (primary N) is 1. The van der Waals surface area contributed by atoms with Gasteiger partial charge in [-0.2, -0.15) is 5.10 Å². The van der Waals surface area contributed by atoms with Crippen molar-refractivity contribution in [2.75, 3.05) is 0 Å². The molecule has 0 bridgehead atoms. The van der Waals surface area contributed by atoms with Crippen molar-refractivity contribution >= 4 is 17.2 Å². The first kappa shape index (κ1) is 8.89. The first-order chi connectivity index (χ1) is 6.75. The molecule has 0 aliphatic heterocycles. The molecule has 0 atom stereocenters. The van der Waals surface area contributed by atoms with E-state index in [-0.39, 0.29) is 12.3 Å². The lowest BCUT2D eigenvalue weighted by molar-refractivity contribution is -0.117. The largest absolute Gasteiger partial charge is 0.369 e. The fourth-order valence-corrected chi connectivity index (χ4v) is 1.66. The van der Waals surface area contributed by atoms with Crippen LogP contribution in [0.4, 0.5) is 0 Å². The van der Waals surface area contributed by atoms with Crippen LogP contribution in [0.1, 0.15) is 5.56 Å². The Kier molecular flexibility index (Phi) is 2.28. The maximum Gasteiger partial charge on any atom is 0.221 e. The Labute approximate surface area is 84.2 Å². The van der Waals surface area contributed by atoms with Crippen LogP contribution >= 0.6 is 11.3 Å². The molecular formula is C8H8N4OS. The Balaban J connectivity index is 2.22. The lowest BCUT2D eigenvalue weighted by atomic mass is 10.2. The summed E-state index contributed by atoms with van der Waals surface area (Å²) < 4.78 is 1.63. The zero-order valence-electron chi connectivity index (χ0n) is 7.25. The number of primary amides is 1. The minimum atomic E-state index is -0.358. The third-order valence-corrected chi connectivity index (χ3v) is 2.39. The molecule has 0 saturated heterocycles. The van der Waals surface area contributed by atoms with Crippen LogP contribution in [-0.2, 0) is 11.2 Å². The minimum Gasteiger partial charge on any atom is -0.369 e. The number of thiazole rings is 1. The van der Waals surface area contributed by atoms with Gasteiger partial charge in [-0.1, -0.05) is 0 Å². The number of hydrogen-bond donors (Lipinski definition) is 1. The van der Waals surface area contributed by atoms with Gasteiger partial charge in [0.05, 0.1) is 12.6 Å². The van der Waals surface area contributed by atoms with E-state index in [0.29, 0.717) is 0 Å². The molecule has 2 aromatic heterocycles. The second-order valence-corrected chi connectivity index (χ2v) is 3.62. The molecule has 0 aliphatic rings. The molecule has 6 heteroatoms. The third-order valence-electron chi connectivity index (χ3n) is 1.63. The molecular weight excluding hydrogens is 200 g/mol. The van der Waals surface area contributed by atoms with Gasteiger partial charge in [-0.25, -0.2) is 9.67 Å². The maximum atomic E-state index is 10.6. The summed E-state index contributed by atoms with van der Waals surface area (Å²) >= 11 is 1.48. The molecule has 0 aromatic carbocycles. The zero-order valence-corrected chi connectivity index (χ0v) is 8.07. The second-order valence-electron chi connectivity index (χ2n) is 2.75. The molecule has 0 spiro atoms. The monoisotopic (exact) mass is 208 g/mol. The molecule has 72 valence electrons. The highest BCUT2D eigenvalue weighted by Gasteiger charge is 2.04. The van der Waals surface area contributed by atoms with Crippen molar-refractivity contribution < 1.29 is 4.79 Å². The van der Waals surface area contributed by atoms with Gasteiger partial charge in [-0.15, -0.1) is 11.3 Å². The number of carbonyl (C=O) groups excluding carboxylic acids is 1. The van der Waals surface area contributed by atoms with Crippen molar-refractivity contribution in [3.05, 3.63) is 29.5 Å². The van der Waals surface area contributed by atoms with Gasteiger partial charge in [0.2, 0.25) is 11.0 Å². The van der Waals surface area contributed by atoms with Crippen LogP contribution in [0, 0.1) is 0 Å². The molecule has 0 aliphatic carbocycles. The summed E-state index contributed by atoms with van der Waals surface area (Å²) in [5, 5.41) is 6.71. The predicted molar refractivity (Wildman–Crippen MR) is 52.1 cm³/mol. The third kappa shape index (κ3) is 1.80. The van der Waals surface area contributed by atoms with E-state index in [1.54, 1.807) is 23.3 Å². The lowest BCUT2D eigenvalue weighted by Gasteiger charge is -1.91. The maximum absolute atomic E-state index is 10.6. The van der Waals surface area contributed by atoms with Gasteiger partial charge in [0.25, 0.3) is 0 Å². The Morgan fingerprint density at radius 3 is 3.14 bits per heavy atom. The van der Waals surface area contributed by atoms with Crippen molar-refractivity contribution in [2.24, 2.45) is 5.73 Å². The molecule has 14 heavy (non-hydrogen) atoms. The van der Waals surface area contributed by atoms with E-state index in [1.807, 2.05) is 5.38 Å². The van der Waals surface area contributed by atoms with Crippen LogP contribution < -0.4 is 5.73 Å². The van der Waals surface area contributed by atoms with Crippen LogP contribution in [0.2, 0.25) is 0 Å². The summed E-state index contributed by atoms with van der Waals surface area (Å²) in [6.45, 7) is 0. The smallest absolute Gasteiger partial charge is 0.221 e. The predicted octanol–water partition coefficient (Wildman–Crippen LogP) is 0.357. The van der Waals surface area contributed by atoms with Crippen LogP contribution in [0.15, 0.2) is 24.0 Å². The van der Waals surface area contributed by atoms with Crippen molar-refractivity contribution in [3.8, 4) is 5.13 Å². The molecule has 0 unspecified atom stereocenters. The van der Waals surface area contributed by atoms with Crippen molar-refractivity contribution in [1.82, 2.24) is 14.8 Å². The highest BCUT2D eigenvalue weighted by atomic mass is 32.1. The van der Waals surface area contributed by atoms with E-state index >= 15 is 0 Å². The molecule has 5 nitrogen and oxygen atoms in total. The van der Waals surface area contributed by atoms with Crippen LogP contribution in [0.3, 0.4) is 0 Å². The van der Waals surface area contributed by atoms with Gasteiger partial charge in [0.15, 0.2) is 0 Å². The minimum absolute atomic E-state index is 0.214. The van der Waals surface area contributed by atoms with E-state index in [2.05, 4.69) is 10.1 Å². The van der Waals surface area contributed by atoms with Crippen molar-refractivity contribution in [1.29, 1.82) is 0 Å². The number of nitrogens with zero attached hydrogens (tertiary/aromatic N) is 3. The van der Waals surface area contributed by atoms with E-state index in [0.717, 1.165) is 10.7 Å². The van der Waals surface area contributed by atoms with Crippen LogP contribution in [-0.4, -0.2) is 20.7 Å². The molecule has 0 fully saturated rings. The first-order valence-corrected chi connectivity index (χ1v) is 4.85. The highest BCUT2D eigenvalue weighted by molar-refractivity contribution is 7.12. The number of rotatable bonds is 3. The Morgan fingerprint density at radius 2 is 2.50 bits per heavy atom. The number of amides is 1. The second kappa shape index (κ2) is 3.59. The van der Waals surface area contributed by atoms with Gasteiger partial charge < -0.3 is 5.73 Å². The normalized spacial score (nSPS) is 10.3. The van der Waals surface area contributed by atoms with E-state index < -0.39 is 0 Å². The first-order valence-electron chi connectivity index (χ1n) is 3.97. The Hall–Kier alpha value is -1.69. The fourth-order valence-electron chi connectivity index (χ4n) is 1.09. The summed E-state index contributed by atoms with van der Waals surface area (Å²) in [7, 11) is 0. The Morgan fingerprint density at radius 1 is 1.64 bits per heavy atom. The topological polar surface area (TPSA) is 73.8 Å².